The second-order valence-corrected chi connectivity index (χ2v) is 7.62. The van der Waals surface area contributed by atoms with E-state index < -0.39 is 5.60 Å². The van der Waals surface area contributed by atoms with Gasteiger partial charge in [0, 0.05) is 19.1 Å². The Kier molecular flexibility index (Phi) is 4.34. The Hall–Kier alpha value is -2.31. The summed E-state index contributed by atoms with van der Waals surface area (Å²) in [6.07, 6.45) is 0.987. The average molecular weight is 349 g/mol. The number of likely N-dealkylation sites (tertiary alicyclic amines) is 1. The highest BCUT2D eigenvalue weighted by molar-refractivity contribution is 5.76. The van der Waals surface area contributed by atoms with Gasteiger partial charge >= 0.3 is 11.8 Å². The summed E-state index contributed by atoms with van der Waals surface area (Å²) in [6.45, 7) is 8.25. The van der Waals surface area contributed by atoms with Gasteiger partial charge in [-0.3, -0.25) is 4.57 Å². The number of carbonyl (C=O) groups is 1. The molecular weight excluding hydrogens is 325 g/mol. The molecule has 25 heavy (non-hydrogen) atoms. The zero-order valence-corrected chi connectivity index (χ0v) is 15.1. The molecule has 1 saturated heterocycles. The highest BCUT2D eigenvalue weighted by atomic mass is 19.1. The number of piperidine rings is 1. The lowest BCUT2D eigenvalue weighted by Crippen LogP contribution is -2.43. The molecule has 0 aliphatic carbocycles. The highest BCUT2D eigenvalue weighted by Gasteiger charge is 2.29. The molecule has 1 N–H and O–H groups in total. The van der Waals surface area contributed by atoms with Crippen LogP contribution in [-0.4, -0.2) is 39.2 Å². The monoisotopic (exact) mass is 349 g/mol. The number of carbonyl (C=O) groups excluding carboxylic acids is 1. The third-order valence-electron chi connectivity index (χ3n) is 4.48. The van der Waals surface area contributed by atoms with Gasteiger partial charge in [-0.25, -0.2) is 14.0 Å². The molecule has 2 heterocycles. The fourth-order valence-corrected chi connectivity index (χ4v) is 3.25. The highest BCUT2D eigenvalue weighted by Crippen LogP contribution is 2.27. The number of nitrogens with zero attached hydrogens (tertiary/aromatic N) is 2. The minimum Gasteiger partial charge on any atom is -0.444 e. The van der Waals surface area contributed by atoms with Gasteiger partial charge in [-0.15, -0.1) is 0 Å². The third kappa shape index (κ3) is 3.55. The van der Waals surface area contributed by atoms with E-state index in [4.69, 9.17) is 4.74 Å². The number of fused-ring (bicyclic) bond motifs is 1. The number of benzene rings is 1. The van der Waals surface area contributed by atoms with Crippen molar-refractivity contribution in [1.82, 2.24) is 14.5 Å². The van der Waals surface area contributed by atoms with Crippen LogP contribution in [0, 0.1) is 12.7 Å². The molecule has 1 aromatic carbocycles. The molecule has 136 valence electrons. The molecule has 1 aliphatic heterocycles. The molecule has 0 spiro atoms. The van der Waals surface area contributed by atoms with Crippen molar-refractivity contribution in [2.45, 2.75) is 52.2 Å². The van der Waals surface area contributed by atoms with Crippen molar-refractivity contribution in [2.24, 2.45) is 0 Å². The minimum atomic E-state index is -0.524. The smallest absolute Gasteiger partial charge is 0.410 e. The predicted octanol–water partition coefficient (Wildman–Crippen LogP) is 3.35. The van der Waals surface area contributed by atoms with Crippen LogP contribution in [0.15, 0.2) is 16.9 Å². The number of nitrogens with one attached hydrogen (secondary N) is 1. The maximum atomic E-state index is 13.7. The van der Waals surface area contributed by atoms with Crippen LogP contribution < -0.4 is 5.69 Å². The maximum Gasteiger partial charge on any atom is 0.410 e. The molecule has 0 radical (unpaired) electrons. The normalized spacial score (nSPS) is 16.4. The number of hydrogen-bond donors (Lipinski definition) is 1. The molecule has 0 unspecified atom stereocenters. The summed E-state index contributed by atoms with van der Waals surface area (Å²) in [5.41, 5.74) is 0.952. The lowest BCUT2D eigenvalue weighted by atomic mass is 10.0. The van der Waals surface area contributed by atoms with Crippen molar-refractivity contribution in [3.05, 3.63) is 34.0 Å². The van der Waals surface area contributed by atoms with Crippen molar-refractivity contribution in [2.75, 3.05) is 13.1 Å². The van der Waals surface area contributed by atoms with Crippen molar-refractivity contribution in [3.8, 4) is 0 Å². The van der Waals surface area contributed by atoms with Crippen LogP contribution >= 0.6 is 0 Å². The molecule has 3 rings (SSSR count). The molecule has 0 saturated carbocycles. The zero-order valence-electron chi connectivity index (χ0n) is 15.1. The Labute approximate surface area is 145 Å². The number of aromatic amines is 1. The van der Waals surface area contributed by atoms with Gasteiger partial charge in [-0.05, 0) is 58.2 Å². The Morgan fingerprint density at radius 2 is 1.92 bits per heavy atom. The number of amides is 1. The van der Waals surface area contributed by atoms with Gasteiger partial charge in [-0.2, -0.15) is 0 Å². The number of H-pyrrole nitrogens is 1. The Morgan fingerprint density at radius 3 is 2.52 bits per heavy atom. The van der Waals surface area contributed by atoms with Crippen LogP contribution in [-0.2, 0) is 4.74 Å². The molecule has 6 nitrogen and oxygen atoms in total. The molecular formula is C18H24FN3O3. The molecule has 2 aromatic rings. The first-order valence-electron chi connectivity index (χ1n) is 8.54. The van der Waals surface area contributed by atoms with E-state index in [0.717, 1.165) is 0 Å². The SMILES string of the molecule is Cc1cc2c(cc1F)[nH]c(=O)n2C1CCN(C(=O)OC(C)(C)C)CC1. The van der Waals surface area contributed by atoms with Gasteiger partial charge in [0.15, 0.2) is 0 Å². The number of rotatable bonds is 1. The third-order valence-corrected chi connectivity index (χ3v) is 4.48. The average Bonchev–Trinajstić information content (AvgIpc) is 2.81. The molecule has 1 amide bonds. The summed E-state index contributed by atoms with van der Waals surface area (Å²) in [5.74, 6) is -0.333. The number of halogens is 1. The van der Waals surface area contributed by atoms with Crippen molar-refractivity contribution in [3.63, 3.8) is 0 Å². The maximum absolute atomic E-state index is 13.7. The zero-order chi connectivity index (χ0) is 18.4. The molecule has 0 atom stereocenters. The van der Waals surface area contributed by atoms with Gasteiger partial charge in [-0.1, -0.05) is 0 Å². The van der Waals surface area contributed by atoms with Gasteiger partial charge in [0.1, 0.15) is 11.4 Å². The lowest BCUT2D eigenvalue weighted by Gasteiger charge is -2.33. The van der Waals surface area contributed by atoms with Crippen LogP contribution in [0.2, 0.25) is 0 Å². The molecule has 7 heteroatoms. The van der Waals surface area contributed by atoms with E-state index in [1.807, 2.05) is 20.8 Å². The van der Waals surface area contributed by atoms with Crippen LogP contribution in [0.3, 0.4) is 0 Å². The molecule has 1 aromatic heterocycles. The number of ether oxygens (including phenoxy) is 1. The first kappa shape index (κ1) is 17.5. The number of aryl methyl sites for hydroxylation is 1. The second kappa shape index (κ2) is 6.20. The number of aromatic nitrogens is 2. The van der Waals surface area contributed by atoms with Crippen LogP contribution in [0.25, 0.3) is 11.0 Å². The van der Waals surface area contributed by atoms with E-state index in [1.165, 1.54) is 6.07 Å². The molecule has 1 aliphatic rings. The van der Waals surface area contributed by atoms with E-state index in [0.29, 0.717) is 42.5 Å². The van der Waals surface area contributed by atoms with Crippen molar-refractivity contribution in [1.29, 1.82) is 0 Å². The molecule has 0 bridgehead atoms. The summed E-state index contributed by atoms with van der Waals surface area (Å²) >= 11 is 0. The Balaban J connectivity index is 1.79. The fourth-order valence-electron chi connectivity index (χ4n) is 3.25. The van der Waals surface area contributed by atoms with E-state index >= 15 is 0 Å². The first-order valence-corrected chi connectivity index (χ1v) is 8.54. The van der Waals surface area contributed by atoms with Crippen LogP contribution in [0.5, 0.6) is 0 Å². The van der Waals surface area contributed by atoms with E-state index in [2.05, 4.69) is 4.98 Å². The summed E-state index contributed by atoms with van der Waals surface area (Å²) in [4.78, 5) is 28.9. The summed E-state index contributed by atoms with van der Waals surface area (Å²) < 4.78 is 20.8. The lowest BCUT2D eigenvalue weighted by molar-refractivity contribution is 0.0189. The predicted molar refractivity (Wildman–Crippen MR) is 93.3 cm³/mol. The van der Waals surface area contributed by atoms with Crippen LogP contribution in [0.4, 0.5) is 9.18 Å². The topological polar surface area (TPSA) is 67.3 Å². The summed E-state index contributed by atoms with van der Waals surface area (Å²) in [6, 6.07) is 3.03. The van der Waals surface area contributed by atoms with E-state index in [9.17, 15) is 14.0 Å². The largest absolute Gasteiger partial charge is 0.444 e. The van der Waals surface area contributed by atoms with E-state index in [1.54, 1.807) is 22.5 Å². The standard InChI is InChI=1S/C18H24FN3O3/c1-11-9-15-14(10-13(11)19)20-16(23)22(15)12-5-7-21(8-6-12)17(24)25-18(2,3)4/h9-10,12H,5-8H2,1-4H3,(H,20,23). The quantitative estimate of drug-likeness (QED) is 0.858. The number of imidazole rings is 1. The van der Waals surface area contributed by atoms with Gasteiger partial charge in [0.05, 0.1) is 11.0 Å². The van der Waals surface area contributed by atoms with Crippen molar-refractivity contribution >= 4 is 17.1 Å². The Bertz CT molecular complexity index is 855. The minimum absolute atomic E-state index is 0.0233. The summed E-state index contributed by atoms with van der Waals surface area (Å²) in [5, 5.41) is 0. The summed E-state index contributed by atoms with van der Waals surface area (Å²) in [7, 11) is 0. The fraction of sp³-hybridized carbons (Fsp3) is 0.556. The molecule has 1 fully saturated rings. The van der Waals surface area contributed by atoms with Gasteiger partial charge < -0.3 is 14.6 Å². The van der Waals surface area contributed by atoms with Gasteiger partial charge in [0.25, 0.3) is 0 Å². The Morgan fingerprint density at radius 1 is 1.28 bits per heavy atom. The number of hydrogen-bond acceptors (Lipinski definition) is 3. The first-order chi connectivity index (χ1) is 11.7. The van der Waals surface area contributed by atoms with E-state index in [-0.39, 0.29) is 23.6 Å². The van der Waals surface area contributed by atoms with Gasteiger partial charge in [0.2, 0.25) is 0 Å². The second-order valence-electron chi connectivity index (χ2n) is 7.62. The van der Waals surface area contributed by atoms with Crippen LogP contribution in [0.1, 0.15) is 45.2 Å². The van der Waals surface area contributed by atoms with Crippen molar-refractivity contribution < 1.29 is 13.9 Å².